The highest BCUT2D eigenvalue weighted by Gasteiger charge is 2.31. The predicted octanol–water partition coefficient (Wildman–Crippen LogP) is 3.66. The Kier molecular flexibility index (Phi) is 4.67. The van der Waals surface area contributed by atoms with Crippen molar-refractivity contribution in [2.45, 2.75) is 32.3 Å². The maximum Gasteiger partial charge on any atom is 0.162 e. The molecule has 0 bridgehead atoms. The fourth-order valence-electron chi connectivity index (χ4n) is 1.54. The van der Waals surface area contributed by atoms with Crippen LogP contribution in [0.25, 0.3) is 0 Å². The Hall–Kier alpha value is -0.0000000000000000555. The number of ether oxygens (including phenoxy) is 1. The second kappa shape index (κ2) is 5.37. The van der Waals surface area contributed by atoms with E-state index in [-0.39, 0.29) is 5.60 Å². The molecule has 1 heterocycles. The van der Waals surface area contributed by atoms with Gasteiger partial charge in [0.15, 0.2) is 5.82 Å². The van der Waals surface area contributed by atoms with Crippen molar-refractivity contribution in [3.8, 4) is 0 Å². The maximum atomic E-state index is 5.57. The molecule has 0 amide bonds. The molecule has 15 heavy (non-hydrogen) atoms. The Morgan fingerprint density at radius 3 is 2.00 bits per heavy atom. The largest absolute Gasteiger partial charge is 0.370 e. The van der Waals surface area contributed by atoms with Crippen molar-refractivity contribution in [2.75, 3.05) is 7.11 Å². The number of hydrogen-bond donors (Lipinski definition) is 0. The van der Waals surface area contributed by atoms with E-state index >= 15 is 0 Å². The minimum atomic E-state index is -0.383. The molecule has 1 rings (SSSR count). The van der Waals surface area contributed by atoms with Crippen molar-refractivity contribution >= 4 is 31.9 Å². The van der Waals surface area contributed by atoms with Crippen molar-refractivity contribution in [2.24, 2.45) is 0 Å². The van der Waals surface area contributed by atoms with Gasteiger partial charge in [-0.1, -0.05) is 13.8 Å². The molecule has 0 saturated carbocycles. The first kappa shape index (κ1) is 13.1. The van der Waals surface area contributed by atoms with Crippen molar-refractivity contribution in [1.82, 2.24) is 9.97 Å². The van der Waals surface area contributed by atoms with E-state index in [4.69, 9.17) is 4.74 Å². The minimum absolute atomic E-state index is 0.383. The van der Waals surface area contributed by atoms with Gasteiger partial charge in [-0.15, -0.1) is 0 Å². The van der Waals surface area contributed by atoms with E-state index in [0.717, 1.165) is 27.9 Å². The number of rotatable bonds is 4. The lowest BCUT2D eigenvalue weighted by atomic mass is 9.96. The van der Waals surface area contributed by atoms with Crippen LogP contribution in [0.3, 0.4) is 0 Å². The van der Waals surface area contributed by atoms with E-state index in [0.29, 0.717) is 0 Å². The van der Waals surface area contributed by atoms with Gasteiger partial charge in [-0.05, 0) is 44.7 Å². The van der Waals surface area contributed by atoms with Crippen molar-refractivity contribution in [3.05, 3.63) is 21.1 Å². The van der Waals surface area contributed by atoms with Crippen LogP contribution in [0.4, 0.5) is 0 Å². The van der Waals surface area contributed by atoms with Crippen LogP contribution < -0.4 is 0 Å². The van der Waals surface area contributed by atoms with Crippen LogP contribution in [0.2, 0.25) is 0 Å². The van der Waals surface area contributed by atoms with E-state index in [1.54, 1.807) is 7.11 Å². The molecule has 0 radical (unpaired) electrons. The molecule has 0 aliphatic rings. The van der Waals surface area contributed by atoms with Crippen LogP contribution in [0.1, 0.15) is 32.5 Å². The summed E-state index contributed by atoms with van der Waals surface area (Å²) in [5.41, 5.74) is -0.383. The zero-order valence-corrected chi connectivity index (χ0v) is 12.2. The summed E-state index contributed by atoms with van der Waals surface area (Å²) in [6, 6.07) is 1.81. The van der Waals surface area contributed by atoms with Gasteiger partial charge in [-0.3, -0.25) is 0 Å². The molecule has 84 valence electrons. The quantitative estimate of drug-likeness (QED) is 0.786. The summed E-state index contributed by atoms with van der Waals surface area (Å²) in [5, 5.41) is 0. The van der Waals surface area contributed by atoms with Crippen molar-refractivity contribution in [3.63, 3.8) is 0 Å². The fraction of sp³-hybridized carbons (Fsp3) is 0.600. The van der Waals surface area contributed by atoms with E-state index in [1.807, 2.05) is 6.07 Å². The summed E-state index contributed by atoms with van der Waals surface area (Å²) < 4.78 is 7.10. The summed E-state index contributed by atoms with van der Waals surface area (Å²) in [4.78, 5) is 8.74. The number of nitrogens with zero attached hydrogens (tertiary/aromatic N) is 2. The van der Waals surface area contributed by atoms with Gasteiger partial charge in [0, 0.05) is 13.2 Å². The normalized spacial score (nSPS) is 11.8. The van der Waals surface area contributed by atoms with Crippen LogP contribution in [-0.4, -0.2) is 17.1 Å². The van der Waals surface area contributed by atoms with Crippen LogP contribution in [0.15, 0.2) is 15.3 Å². The van der Waals surface area contributed by atoms with Crippen LogP contribution >= 0.6 is 31.9 Å². The number of aromatic nitrogens is 2. The standard InChI is InChI=1S/C10H14Br2N2O/c1-4-10(5-2,15-3)9-13-7(11)6-8(12)14-9/h6H,4-5H2,1-3H3. The third-order valence-corrected chi connectivity index (χ3v) is 3.42. The summed E-state index contributed by atoms with van der Waals surface area (Å²) in [7, 11) is 1.70. The Labute approximate surface area is 107 Å². The number of methoxy groups -OCH3 is 1. The second-order valence-electron chi connectivity index (χ2n) is 3.24. The highest BCUT2D eigenvalue weighted by atomic mass is 79.9. The van der Waals surface area contributed by atoms with Gasteiger partial charge in [-0.25, -0.2) is 9.97 Å². The molecule has 0 spiro atoms. The Balaban J connectivity index is 3.22. The summed E-state index contributed by atoms with van der Waals surface area (Å²) >= 11 is 6.71. The van der Waals surface area contributed by atoms with Crippen molar-refractivity contribution < 1.29 is 4.74 Å². The van der Waals surface area contributed by atoms with Crippen LogP contribution in [-0.2, 0) is 10.3 Å². The molecule has 1 aromatic heterocycles. The van der Waals surface area contributed by atoms with Gasteiger partial charge >= 0.3 is 0 Å². The Bertz CT molecular complexity index is 312. The molecule has 5 heteroatoms. The lowest BCUT2D eigenvalue weighted by Gasteiger charge is -2.28. The molecule has 0 unspecified atom stereocenters. The molecule has 0 saturated heterocycles. The molecular weight excluding hydrogens is 324 g/mol. The first-order chi connectivity index (χ1) is 7.07. The summed E-state index contributed by atoms with van der Waals surface area (Å²) in [5.74, 6) is 0.719. The average molecular weight is 338 g/mol. The molecule has 0 aliphatic carbocycles. The zero-order chi connectivity index (χ0) is 11.5. The lowest BCUT2D eigenvalue weighted by molar-refractivity contribution is -0.0294. The Morgan fingerprint density at radius 2 is 1.67 bits per heavy atom. The third kappa shape index (κ3) is 2.77. The predicted molar refractivity (Wildman–Crippen MR) is 66.7 cm³/mol. The second-order valence-corrected chi connectivity index (χ2v) is 4.87. The van der Waals surface area contributed by atoms with E-state index in [1.165, 1.54) is 0 Å². The monoisotopic (exact) mass is 336 g/mol. The molecule has 0 aliphatic heterocycles. The molecule has 0 N–H and O–H groups in total. The van der Waals surface area contributed by atoms with Gasteiger partial charge in [0.1, 0.15) is 14.8 Å². The summed E-state index contributed by atoms with van der Waals surface area (Å²) in [6.45, 7) is 4.15. The van der Waals surface area contributed by atoms with Gasteiger partial charge < -0.3 is 4.74 Å². The fourth-order valence-corrected chi connectivity index (χ4v) is 2.62. The van der Waals surface area contributed by atoms with E-state index < -0.39 is 0 Å². The first-order valence-corrected chi connectivity index (χ1v) is 6.42. The number of halogens is 2. The van der Waals surface area contributed by atoms with Gasteiger partial charge in [0.2, 0.25) is 0 Å². The third-order valence-electron chi connectivity index (χ3n) is 2.60. The van der Waals surface area contributed by atoms with Crippen LogP contribution in [0.5, 0.6) is 0 Å². The number of hydrogen-bond acceptors (Lipinski definition) is 3. The van der Waals surface area contributed by atoms with Gasteiger partial charge in [-0.2, -0.15) is 0 Å². The molecule has 1 aromatic rings. The molecule has 0 atom stereocenters. The SMILES string of the molecule is CCC(CC)(OC)c1nc(Br)cc(Br)n1. The summed E-state index contributed by atoms with van der Waals surface area (Å²) in [6.07, 6.45) is 1.70. The van der Waals surface area contributed by atoms with Gasteiger partial charge in [0.05, 0.1) is 0 Å². The molecule has 0 fully saturated rings. The zero-order valence-electron chi connectivity index (χ0n) is 9.05. The first-order valence-electron chi connectivity index (χ1n) is 4.83. The highest BCUT2D eigenvalue weighted by molar-refractivity contribution is 9.11. The van der Waals surface area contributed by atoms with E-state index in [9.17, 15) is 0 Å². The lowest BCUT2D eigenvalue weighted by Crippen LogP contribution is -2.29. The molecule has 0 aromatic carbocycles. The smallest absolute Gasteiger partial charge is 0.162 e. The van der Waals surface area contributed by atoms with E-state index in [2.05, 4.69) is 55.7 Å². The Morgan fingerprint density at radius 1 is 1.20 bits per heavy atom. The van der Waals surface area contributed by atoms with Gasteiger partial charge in [0.25, 0.3) is 0 Å². The van der Waals surface area contributed by atoms with Crippen molar-refractivity contribution in [1.29, 1.82) is 0 Å². The highest BCUT2D eigenvalue weighted by Crippen LogP contribution is 2.31. The topological polar surface area (TPSA) is 35.0 Å². The molecular formula is C10H14Br2N2O. The average Bonchev–Trinajstić information content (AvgIpc) is 2.20. The maximum absolute atomic E-state index is 5.57. The molecule has 3 nitrogen and oxygen atoms in total. The van der Waals surface area contributed by atoms with Crippen LogP contribution in [0, 0.1) is 0 Å². The minimum Gasteiger partial charge on any atom is -0.370 e.